The molecule has 82 valence electrons. The first-order valence-corrected chi connectivity index (χ1v) is 5.51. The molecule has 1 fully saturated rings. The average Bonchev–Trinajstić information content (AvgIpc) is 2.55. The second-order valence-corrected chi connectivity index (χ2v) is 4.54. The van der Waals surface area contributed by atoms with Crippen LogP contribution in [0, 0.1) is 5.92 Å². The number of hydrogen-bond donors (Lipinski definition) is 1. The number of nitrogens with zero attached hydrogens (tertiary/aromatic N) is 1. The van der Waals surface area contributed by atoms with Crippen LogP contribution in [0.2, 0.25) is 0 Å². The highest BCUT2D eigenvalue weighted by molar-refractivity contribution is 5.67. The molecule has 0 aromatic carbocycles. The van der Waals surface area contributed by atoms with Crippen molar-refractivity contribution in [3.63, 3.8) is 0 Å². The van der Waals surface area contributed by atoms with E-state index < -0.39 is 5.97 Å². The average molecular weight is 199 g/mol. The van der Waals surface area contributed by atoms with Gasteiger partial charge in [0.2, 0.25) is 0 Å². The lowest BCUT2D eigenvalue weighted by Gasteiger charge is -2.26. The van der Waals surface area contributed by atoms with Crippen molar-refractivity contribution in [2.75, 3.05) is 13.6 Å². The van der Waals surface area contributed by atoms with Crippen LogP contribution in [-0.4, -0.2) is 35.6 Å². The summed E-state index contributed by atoms with van der Waals surface area (Å²) in [6.07, 6.45) is 5.61. The Morgan fingerprint density at radius 2 is 2.07 bits per heavy atom. The molecular formula is C11H21NO2. The molecule has 14 heavy (non-hydrogen) atoms. The SMILES string of the molecule is CC(CC(=O)O)N(C)CC1CCCC1. The summed E-state index contributed by atoms with van der Waals surface area (Å²) >= 11 is 0. The van der Waals surface area contributed by atoms with Crippen LogP contribution >= 0.6 is 0 Å². The minimum Gasteiger partial charge on any atom is -0.481 e. The summed E-state index contributed by atoms with van der Waals surface area (Å²) in [5, 5.41) is 8.67. The van der Waals surface area contributed by atoms with E-state index in [-0.39, 0.29) is 12.5 Å². The predicted octanol–water partition coefficient (Wildman–Crippen LogP) is 1.97. The standard InChI is InChI=1S/C11H21NO2/c1-9(7-11(13)14)12(2)8-10-5-3-4-6-10/h9-10H,3-8H2,1-2H3,(H,13,14). The predicted molar refractivity (Wildman–Crippen MR) is 56.3 cm³/mol. The van der Waals surface area contributed by atoms with Crippen molar-refractivity contribution >= 4 is 5.97 Å². The highest BCUT2D eigenvalue weighted by atomic mass is 16.4. The van der Waals surface area contributed by atoms with Crippen molar-refractivity contribution < 1.29 is 9.90 Å². The molecule has 3 heteroatoms. The van der Waals surface area contributed by atoms with Gasteiger partial charge in [0.1, 0.15) is 0 Å². The van der Waals surface area contributed by atoms with Gasteiger partial charge in [-0.1, -0.05) is 12.8 Å². The van der Waals surface area contributed by atoms with Crippen LogP contribution in [0.1, 0.15) is 39.0 Å². The minimum absolute atomic E-state index is 0.160. The first-order valence-electron chi connectivity index (χ1n) is 5.51. The summed E-state index contributed by atoms with van der Waals surface area (Å²) in [6.45, 7) is 3.05. The zero-order chi connectivity index (χ0) is 10.6. The molecule has 1 aliphatic carbocycles. The van der Waals surface area contributed by atoms with E-state index in [0.717, 1.165) is 12.5 Å². The lowest BCUT2D eigenvalue weighted by atomic mass is 10.1. The molecule has 1 aliphatic rings. The topological polar surface area (TPSA) is 40.5 Å². The Kier molecular flexibility index (Phi) is 4.39. The van der Waals surface area contributed by atoms with Gasteiger partial charge in [-0.25, -0.2) is 0 Å². The Morgan fingerprint density at radius 1 is 1.50 bits per heavy atom. The third kappa shape index (κ3) is 3.66. The Bertz CT molecular complexity index is 188. The largest absolute Gasteiger partial charge is 0.481 e. The van der Waals surface area contributed by atoms with Crippen LogP contribution in [0.3, 0.4) is 0 Å². The Morgan fingerprint density at radius 3 is 2.57 bits per heavy atom. The maximum atomic E-state index is 10.5. The maximum Gasteiger partial charge on any atom is 0.304 e. The lowest BCUT2D eigenvalue weighted by molar-refractivity contribution is -0.138. The van der Waals surface area contributed by atoms with Gasteiger partial charge in [-0.3, -0.25) is 4.79 Å². The first-order chi connectivity index (χ1) is 6.59. The number of hydrogen-bond acceptors (Lipinski definition) is 2. The fraction of sp³-hybridized carbons (Fsp3) is 0.909. The molecule has 0 amide bonds. The second kappa shape index (κ2) is 5.35. The molecule has 0 radical (unpaired) electrons. The zero-order valence-electron chi connectivity index (χ0n) is 9.20. The van der Waals surface area contributed by atoms with Gasteiger partial charge in [0.15, 0.2) is 0 Å². The van der Waals surface area contributed by atoms with Crippen molar-refractivity contribution in [3.05, 3.63) is 0 Å². The van der Waals surface area contributed by atoms with Crippen LogP contribution in [-0.2, 0) is 4.79 Å². The smallest absolute Gasteiger partial charge is 0.304 e. The molecule has 3 nitrogen and oxygen atoms in total. The fourth-order valence-electron chi connectivity index (χ4n) is 2.19. The summed E-state index contributed by atoms with van der Waals surface area (Å²) < 4.78 is 0. The quantitative estimate of drug-likeness (QED) is 0.736. The van der Waals surface area contributed by atoms with Crippen LogP contribution in [0.25, 0.3) is 0 Å². The van der Waals surface area contributed by atoms with E-state index in [1.807, 2.05) is 14.0 Å². The van der Waals surface area contributed by atoms with E-state index >= 15 is 0 Å². The zero-order valence-corrected chi connectivity index (χ0v) is 9.20. The molecule has 0 spiro atoms. The van der Waals surface area contributed by atoms with Gasteiger partial charge in [0, 0.05) is 12.6 Å². The summed E-state index contributed by atoms with van der Waals surface area (Å²) in [7, 11) is 2.03. The van der Waals surface area contributed by atoms with Crippen molar-refractivity contribution in [1.29, 1.82) is 0 Å². The van der Waals surface area contributed by atoms with E-state index in [2.05, 4.69) is 4.90 Å². The molecule has 0 heterocycles. The van der Waals surface area contributed by atoms with Gasteiger partial charge in [0.05, 0.1) is 6.42 Å². The van der Waals surface area contributed by atoms with Crippen molar-refractivity contribution in [3.8, 4) is 0 Å². The molecule has 0 saturated heterocycles. The number of rotatable bonds is 5. The van der Waals surface area contributed by atoms with Crippen LogP contribution < -0.4 is 0 Å². The third-order valence-corrected chi connectivity index (χ3v) is 3.24. The van der Waals surface area contributed by atoms with E-state index in [1.165, 1.54) is 25.7 Å². The van der Waals surface area contributed by atoms with E-state index in [9.17, 15) is 4.79 Å². The van der Waals surface area contributed by atoms with Gasteiger partial charge >= 0.3 is 5.97 Å². The fourth-order valence-corrected chi connectivity index (χ4v) is 2.19. The molecule has 0 aliphatic heterocycles. The normalized spacial score (nSPS) is 20.2. The van der Waals surface area contributed by atoms with Crippen molar-refractivity contribution in [1.82, 2.24) is 4.90 Å². The molecule has 0 aromatic rings. The van der Waals surface area contributed by atoms with Crippen molar-refractivity contribution in [2.45, 2.75) is 45.1 Å². The summed E-state index contributed by atoms with van der Waals surface area (Å²) in [5.41, 5.74) is 0. The summed E-state index contributed by atoms with van der Waals surface area (Å²) in [4.78, 5) is 12.7. The molecule has 1 N–H and O–H groups in total. The van der Waals surface area contributed by atoms with Crippen LogP contribution in [0.5, 0.6) is 0 Å². The molecule has 1 saturated carbocycles. The number of carboxylic acids is 1. The molecule has 1 atom stereocenters. The van der Waals surface area contributed by atoms with Gasteiger partial charge in [-0.15, -0.1) is 0 Å². The van der Waals surface area contributed by atoms with Gasteiger partial charge in [-0.05, 0) is 32.7 Å². The maximum absolute atomic E-state index is 10.5. The van der Waals surface area contributed by atoms with E-state index in [1.54, 1.807) is 0 Å². The van der Waals surface area contributed by atoms with Crippen LogP contribution in [0.4, 0.5) is 0 Å². The number of aliphatic carboxylic acids is 1. The third-order valence-electron chi connectivity index (χ3n) is 3.24. The Labute approximate surface area is 86.1 Å². The highest BCUT2D eigenvalue weighted by Crippen LogP contribution is 2.25. The minimum atomic E-state index is -0.698. The highest BCUT2D eigenvalue weighted by Gasteiger charge is 2.20. The molecule has 1 rings (SSSR count). The van der Waals surface area contributed by atoms with Gasteiger partial charge in [0.25, 0.3) is 0 Å². The molecule has 1 unspecified atom stereocenters. The van der Waals surface area contributed by atoms with Crippen molar-refractivity contribution in [2.24, 2.45) is 5.92 Å². The number of carbonyl (C=O) groups is 1. The second-order valence-electron chi connectivity index (χ2n) is 4.54. The number of carboxylic acid groups (broad SMARTS) is 1. The molecule has 0 bridgehead atoms. The van der Waals surface area contributed by atoms with Gasteiger partial charge < -0.3 is 10.0 Å². The van der Waals surface area contributed by atoms with Crippen LogP contribution in [0.15, 0.2) is 0 Å². The first kappa shape index (κ1) is 11.5. The monoisotopic (exact) mass is 199 g/mol. The lowest BCUT2D eigenvalue weighted by Crippen LogP contribution is -2.34. The Hall–Kier alpha value is -0.570. The summed E-state index contributed by atoms with van der Waals surface area (Å²) in [6, 6.07) is 0.160. The molecule has 0 aromatic heterocycles. The van der Waals surface area contributed by atoms with Gasteiger partial charge in [-0.2, -0.15) is 0 Å². The molecular weight excluding hydrogens is 178 g/mol. The Balaban J connectivity index is 2.25. The van der Waals surface area contributed by atoms with E-state index in [4.69, 9.17) is 5.11 Å². The van der Waals surface area contributed by atoms with E-state index in [0.29, 0.717) is 0 Å². The summed E-state index contributed by atoms with van der Waals surface area (Å²) in [5.74, 6) is 0.104.